The second-order valence-corrected chi connectivity index (χ2v) is 11.8. The van der Waals surface area contributed by atoms with Crippen LogP contribution in [0.4, 0.5) is 0 Å². The number of rotatable bonds is 30. The average molecular weight is 568 g/mol. The number of ether oxygens (including phenoxy) is 1. The molecule has 0 radical (unpaired) electrons. The van der Waals surface area contributed by atoms with E-state index in [4.69, 9.17) is 4.74 Å². The first-order valence-corrected chi connectivity index (χ1v) is 18.0. The molecule has 0 rings (SSSR count). The fourth-order valence-corrected chi connectivity index (χ4v) is 4.96. The normalized spacial score (nSPS) is 10.7. The van der Waals surface area contributed by atoms with Crippen LogP contribution < -0.4 is 5.32 Å². The van der Waals surface area contributed by atoms with Crippen molar-refractivity contribution in [2.45, 2.75) is 207 Å². The van der Waals surface area contributed by atoms with Crippen molar-refractivity contribution in [3.63, 3.8) is 0 Å². The lowest BCUT2D eigenvalue weighted by molar-refractivity contribution is -0.143. The molecule has 0 heterocycles. The Morgan fingerprint density at radius 2 is 0.750 bits per heavy atom. The van der Waals surface area contributed by atoms with E-state index in [1.165, 1.54) is 148 Å². The summed E-state index contributed by atoms with van der Waals surface area (Å²) in [7, 11) is 0. The molecular weight excluding hydrogens is 494 g/mol. The van der Waals surface area contributed by atoms with Crippen LogP contribution in [0, 0.1) is 0 Å². The Balaban J connectivity index is 0. The number of esters is 1. The van der Waals surface area contributed by atoms with Gasteiger partial charge in [-0.05, 0) is 26.2 Å². The zero-order valence-corrected chi connectivity index (χ0v) is 27.9. The Labute approximate surface area is 252 Å². The summed E-state index contributed by atoms with van der Waals surface area (Å²) in [6, 6.07) is 0. The maximum atomic E-state index is 11.6. The van der Waals surface area contributed by atoms with Crippen LogP contribution in [0.2, 0.25) is 0 Å². The average Bonchev–Trinajstić information content (AvgIpc) is 2.95. The van der Waals surface area contributed by atoms with Gasteiger partial charge in [0.2, 0.25) is 5.91 Å². The maximum Gasteiger partial charge on any atom is 0.305 e. The van der Waals surface area contributed by atoms with Crippen molar-refractivity contribution in [2.24, 2.45) is 0 Å². The number of hydrogen-bond donors (Lipinski definition) is 1. The molecule has 0 spiro atoms. The monoisotopic (exact) mass is 568 g/mol. The van der Waals surface area contributed by atoms with Crippen LogP contribution in [0.5, 0.6) is 0 Å². The van der Waals surface area contributed by atoms with Crippen molar-refractivity contribution in [1.29, 1.82) is 0 Å². The molecular formula is C36H73NO3. The molecule has 40 heavy (non-hydrogen) atoms. The molecule has 0 aromatic carbocycles. The topological polar surface area (TPSA) is 55.4 Å². The molecule has 0 atom stereocenters. The SMILES string of the molecule is CCCCCCCCCCCC(=O)NCC.CCCCCCCCCCCCCCCC(=O)OCCCCCC. The summed E-state index contributed by atoms with van der Waals surface area (Å²) in [5.41, 5.74) is 0. The molecule has 240 valence electrons. The third-order valence-electron chi connectivity index (χ3n) is 7.63. The predicted octanol–water partition coefficient (Wildman–Crippen LogP) is 11.6. The first kappa shape index (κ1) is 41.1. The summed E-state index contributed by atoms with van der Waals surface area (Å²) in [4.78, 5) is 22.7. The molecule has 0 saturated heterocycles. The van der Waals surface area contributed by atoms with Gasteiger partial charge in [-0.25, -0.2) is 0 Å². The van der Waals surface area contributed by atoms with E-state index >= 15 is 0 Å². The highest BCUT2D eigenvalue weighted by molar-refractivity contribution is 5.75. The van der Waals surface area contributed by atoms with E-state index in [0.29, 0.717) is 19.4 Å². The van der Waals surface area contributed by atoms with Crippen LogP contribution >= 0.6 is 0 Å². The highest BCUT2D eigenvalue weighted by Gasteiger charge is 2.02. The van der Waals surface area contributed by atoms with Crippen molar-refractivity contribution in [2.75, 3.05) is 13.2 Å². The van der Waals surface area contributed by atoms with Gasteiger partial charge in [0.15, 0.2) is 0 Å². The fraction of sp³-hybridized carbons (Fsp3) is 0.944. The lowest BCUT2D eigenvalue weighted by Gasteiger charge is -2.05. The number of amides is 1. The van der Waals surface area contributed by atoms with Gasteiger partial charge < -0.3 is 10.1 Å². The summed E-state index contributed by atoms with van der Waals surface area (Å²) >= 11 is 0. The molecule has 0 saturated carbocycles. The maximum absolute atomic E-state index is 11.6. The van der Waals surface area contributed by atoms with E-state index in [0.717, 1.165) is 25.8 Å². The Morgan fingerprint density at radius 3 is 1.12 bits per heavy atom. The van der Waals surface area contributed by atoms with Gasteiger partial charge in [-0.1, -0.05) is 168 Å². The van der Waals surface area contributed by atoms with Gasteiger partial charge in [0, 0.05) is 19.4 Å². The van der Waals surface area contributed by atoms with E-state index < -0.39 is 0 Å². The lowest BCUT2D eigenvalue weighted by atomic mass is 10.0. The van der Waals surface area contributed by atoms with Crippen LogP contribution in [0.1, 0.15) is 207 Å². The van der Waals surface area contributed by atoms with E-state index in [1.807, 2.05) is 6.92 Å². The second-order valence-electron chi connectivity index (χ2n) is 11.8. The van der Waals surface area contributed by atoms with Crippen molar-refractivity contribution in [3.05, 3.63) is 0 Å². The highest BCUT2D eigenvalue weighted by atomic mass is 16.5. The van der Waals surface area contributed by atoms with Gasteiger partial charge in [-0.3, -0.25) is 9.59 Å². The van der Waals surface area contributed by atoms with Crippen LogP contribution in [0.3, 0.4) is 0 Å². The molecule has 0 aromatic rings. The zero-order chi connectivity index (χ0) is 29.8. The minimum Gasteiger partial charge on any atom is -0.466 e. The second kappa shape index (κ2) is 37.9. The lowest BCUT2D eigenvalue weighted by Crippen LogP contribution is -2.21. The van der Waals surface area contributed by atoms with Crippen LogP contribution in [-0.4, -0.2) is 25.0 Å². The predicted molar refractivity (Wildman–Crippen MR) is 176 cm³/mol. The Bertz CT molecular complexity index is 494. The number of nitrogens with one attached hydrogen (secondary N) is 1. The number of carbonyl (C=O) groups excluding carboxylic acids is 2. The van der Waals surface area contributed by atoms with E-state index in [1.54, 1.807) is 0 Å². The number of hydrogen-bond acceptors (Lipinski definition) is 3. The van der Waals surface area contributed by atoms with Crippen molar-refractivity contribution >= 4 is 11.9 Å². The largest absolute Gasteiger partial charge is 0.466 e. The molecule has 0 aromatic heterocycles. The highest BCUT2D eigenvalue weighted by Crippen LogP contribution is 2.13. The Kier molecular flexibility index (Phi) is 39.0. The molecule has 4 heteroatoms. The Hall–Kier alpha value is -1.06. The Morgan fingerprint density at radius 1 is 0.425 bits per heavy atom. The summed E-state index contributed by atoms with van der Waals surface area (Å²) in [6.45, 7) is 10.1. The summed E-state index contributed by atoms with van der Waals surface area (Å²) in [5, 5.41) is 2.83. The summed E-state index contributed by atoms with van der Waals surface area (Å²) in [5.74, 6) is 0.222. The molecule has 0 fully saturated rings. The van der Waals surface area contributed by atoms with Gasteiger partial charge >= 0.3 is 5.97 Å². The fourth-order valence-electron chi connectivity index (χ4n) is 4.96. The molecule has 0 bridgehead atoms. The first-order valence-electron chi connectivity index (χ1n) is 18.0. The molecule has 0 aliphatic heterocycles. The van der Waals surface area contributed by atoms with Crippen LogP contribution in [0.15, 0.2) is 0 Å². The molecule has 1 amide bonds. The summed E-state index contributed by atoms with van der Waals surface area (Å²) < 4.78 is 5.26. The first-order chi connectivity index (χ1) is 19.6. The van der Waals surface area contributed by atoms with Gasteiger partial charge in [0.1, 0.15) is 0 Å². The molecule has 0 aliphatic rings. The quantitative estimate of drug-likeness (QED) is 0.0693. The van der Waals surface area contributed by atoms with Gasteiger partial charge in [0.25, 0.3) is 0 Å². The van der Waals surface area contributed by atoms with Crippen molar-refractivity contribution < 1.29 is 14.3 Å². The minimum absolute atomic E-state index is 0.00886. The third kappa shape index (κ3) is 39.1. The van der Waals surface area contributed by atoms with E-state index in [-0.39, 0.29) is 11.9 Å². The third-order valence-corrected chi connectivity index (χ3v) is 7.63. The standard InChI is InChI=1S/C22H44O2.C14H29NO/c1-3-5-7-9-10-11-12-13-14-15-16-17-18-20-22(23)24-21-19-8-6-4-2;1-3-5-6-7-8-9-10-11-12-13-14(16)15-4-2/h3-21H2,1-2H3;3-13H2,1-2H3,(H,15,16). The minimum atomic E-state index is 0.00886. The van der Waals surface area contributed by atoms with Gasteiger partial charge in [-0.2, -0.15) is 0 Å². The molecule has 0 aliphatic carbocycles. The molecule has 4 nitrogen and oxygen atoms in total. The van der Waals surface area contributed by atoms with E-state index in [9.17, 15) is 9.59 Å². The number of unbranched alkanes of at least 4 members (excludes halogenated alkanes) is 23. The smallest absolute Gasteiger partial charge is 0.305 e. The van der Waals surface area contributed by atoms with Crippen molar-refractivity contribution in [3.8, 4) is 0 Å². The van der Waals surface area contributed by atoms with Crippen LogP contribution in [0.25, 0.3) is 0 Å². The van der Waals surface area contributed by atoms with Gasteiger partial charge in [0.05, 0.1) is 6.61 Å². The van der Waals surface area contributed by atoms with E-state index in [2.05, 4.69) is 26.1 Å². The van der Waals surface area contributed by atoms with Crippen molar-refractivity contribution in [1.82, 2.24) is 5.32 Å². The summed E-state index contributed by atoms with van der Waals surface area (Å²) in [6.07, 6.45) is 35.3. The number of carbonyl (C=O) groups is 2. The van der Waals surface area contributed by atoms with Crippen LogP contribution in [-0.2, 0) is 14.3 Å². The molecule has 0 unspecified atom stereocenters. The molecule has 1 N–H and O–H groups in total. The zero-order valence-electron chi connectivity index (χ0n) is 27.9. The van der Waals surface area contributed by atoms with Gasteiger partial charge in [-0.15, -0.1) is 0 Å².